The van der Waals surface area contributed by atoms with Gasteiger partial charge in [0, 0.05) is 6.92 Å². The summed E-state index contributed by atoms with van der Waals surface area (Å²) < 4.78 is 4.84. The molecule has 0 unspecified atom stereocenters. The van der Waals surface area contributed by atoms with Gasteiger partial charge >= 0.3 is 5.97 Å². The molecular formula is C12H18O2. The molecule has 0 aliphatic heterocycles. The van der Waals surface area contributed by atoms with Crippen LogP contribution in [0.2, 0.25) is 0 Å². The minimum Gasteiger partial charge on any atom is -0.461 e. The van der Waals surface area contributed by atoms with Crippen molar-refractivity contribution < 1.29 is 9.53 Å². The Balaban J connectivity index is 3.88. The molecule has 0 aromatic heterocycles. The summed E-state index contributed by atoms with van der Waals surface area (Å²) in [7, 11) is 0. The number of hydrogen-bond donors (Lipinski definition) is 0. The van der Waals surface area contributed by atoms with Gasteiger partial charge in [0.15, 0.2) is 0 Å². The maximum absolute atomic E-state index is 10.5. The molecule has 0 N–H and O–H groups in total. The average Bonchev–Trinajstić information content (AvgIpc) is 2.14. The number of carbonyl (C=O) groups is 1. The van der Waals surface area contributed by atoms with Gasteiger partial charge in [-0.15, -0.1) is 0 Å². The van der Waals surface area contributed by atoms with Gasteiger partial charge in [0.2, 0.25) is 0 Å². The van der Waals surface area contributed by atoms with Crippen LogP contribution in [0.3, 0.4) is 0 Å². The van der Waals surface area contributed by atoms with Crippen molar-refractivity contribution in [2.24, 2.45) is 0 Å². The van der Waals surface area contributed by atoms with E-state index < -0.39 is 0 Å². The molecule has 0 spiro atoms. The molecule has 0 heterocycles. The van der Waals surface area contributed by atoms with Crippen LogP contribution in [0.1, 0.15) is 27.2 Å². The minimum atomic E-state index is -0.240. The molecule has 2 nitrogen and oxygen atoms in total. The van der Waals surface area contributed by atoms with Gasteiger partial charge < -0.3 is 4.74 Å². The summed E-state index contributed by atoms with van der Waals surface area (Å²) in [5.74, 6) is -0.240. The molecule has 0 radical (unpaired) electrons. The zero-order chi connectivity index (χ0) is 11.0. The molecule has 0 saturated heterocycles. The number of hydrogen-bond acceptors (Lipinski definition) is 2. The van der Waals surface area contributed by atoms with Gasteiger partial charge in [0.05, 0.1) is 0 Å². The highest BCUT2D eigenvalue weighted by atomic mass is 16.5. The van der Waals surface area contributed by atoms with E-state index in [1.54, 1.807) is 0 Å². The molecule has 78 valence electrons. The second-order valence-corrected chi connectivity index (χ2v) is 3.22. The zero-order valence-electron chi connectivity index (χ0n) is 9.17. The lowest BCUT2D eigenvalue weighted by Gasteiger charge is -2.00. The van der Waals surface area contributed by atoms with E-state index in [0.717, 1.165) is 17.6 Å². The molecular weight excluding hydrogens is 176 g/mol. The molecule has 0 fully saturated rings. The smallest absolute Gasteiger partial charge is 0.302 e. The van der Waals surface area contributed by atoms with Crippen LogP contribution >= 0.6 is 0 Å². The molecule has 0 atom stereocenters. The van der Waals surface area contributed by atoms with Gasteiger partial charge in [-0.1, -0.05) is 30.4 Å². The first-order chi connectivity index (χ1) is 6.56. The lowest BCUT2D eigenvalue weighted by atomic mass is 10.2. The molecule has 0 aromatic carbocycles. The predicted molar refractivity (Wildman–Crippen MR) is 59.0 cm³/mol. The van der Waals surface area contributed by atoms with Crippen molar-refractivity contribution in [1.29, 1.82) is 0 Å². The summed E-state index contributed by atoms with van der Waals surface area (Å²) in [5.41, 5.74) is 2.22. The van der Waals surface area contributed by atoms with E-state index in [1.165, 1.54) is 6.92 Å². The SMILES string of the molecule is C=CC(C)=CCC=C(C)COC(C)=O. The third-order valence-corrected chi connectivity index (χ3v) is 1.73. The van der Waals surface area contributed by atoms with Gasteiger partial charge in [0.25, 0.3) is 0 Å². The standard InChI is InChI=1S/C12H18O2/c1-5-10(2)7-6-8-11(3)9-14-12(4)13/h5,7-8H,1,6,9H2,2-4H3. The number of carbonyl (C=O) groups excluding carboxylic acids is 1. The predicted octanol–water partition coefficient (Wildman–Crippen LogP) is 3.02. The largest absolute Gasteiger partial charge is 0.461 e. The fourth-order valence-electron chi connectivity index (χ4n) is 0.804. The lowest BCUT2D eigenvalue weighted by Crippen LogP contribution is -2.01. The second kappa shape index (κ2) is 7.13. The summed E-state index contributed by atoms with van der Waals surface area (Å²) in [6.45, 7) is 9.40. The van der Waals surface area contributed by atoms with Crippen LogP contribution in [0.25, 0.3) is 0 Å². The molecule has 14 heavy (non-hydrogen) atoms. The van der Waals surface area contributed by atoms with E-state index in [0.29, 0.717) is 6.61 Å². The first kappa shape index (κ1) is 12.7. The summed E-state index contributed by atoms with van der Waals surface area (Å²) in [4.78, 5) is 10.5. The van der Waals surface area contributed by atoms with E-state index >= 15 is 0 Å². The van der Waals surface area contributed by atoms with Crippen LogP contribution in [0.5, 0.6) is 0 Å². The highest BCUT2D eigenvalue weighted by Gasteiger charge is 1.92. The Morgan fingerprint density at radius 3 is 2.43 bits per heavy atom. The number of esters is 1. The Morgan fingerprint density at radius 2 is 1.93 bits per heavy atom. The number of allylic oxidation sites excluding steroid dienone is 4. The summed E-state index contributed by atoms with van der Waals surface area (Å²) in [5, 5.41) is 0. The van der Waals surface area contributed by atoms with E-state index in [-0.39, 0.29) is 5.97 Å². The maximum Gasteiger partial charge on any atom is 0.302 e. The van der Waals surface area contributed by atoms with Crippen molar-refractivity contribution in [3.8, 4) is 0 Å². The van der Waals surface area contributed by atoms with E-state index in [2.05, 4.69) is 12.7 Å². The molecule has 0 amide bonds. The van der Waals surface area contributed by atoms with Crippen LogP contribution in [0.4, 0.5) is 0 Å². The average molecular weight is 194 g/mol. The van der Waals surface area contributed by atoms with Gasteiger partial charge in [-0.2, -0.15) is 0 Å². The molecule has 0 rings (SSSR count). The number of ether oxygens (including phenoxy) is 1. The summed E-state index contributed by atoms with van der Waals surface area (Å²) >= 11 is 0. The minimum absolute atomic E-state index is 0.240. The van der Waals surface area contributed by atoms with Crippen molar-refractivity contribution in [1.82, 2.24) is 0 Å². The first-order valence-corrected chi connectivity index (χ1v) is 4.64. The molecule has 2 heteroatoms. The normalized spacial score (nSPS) is 12.5. The third-order valence-electron chi connectivity index (χ3n) is 1.73. The Labute approximate surface area is 86.0 Å². The zero-order valence-corrected chi connectivity index (χ0v) is 9.17. The Bertz CT molecular complexity index is 259. The molecule has 0 aromatic rings. The van der Waals surface area contributed by atoms with Gasteiger partial charge in [-0.25, -0.2) is 0 Å². The summed E-state index contributed by atoms with van der Waals surface area (Å²) in [6, 6.07) is 0. The summed E-state index contributed by atoms with van der Waals surface area (Å²) in [6.07, 6.45) is 6.78. The monoisotopic (exact) mass is 194 g/mol. The molecule has 0 aliphatic carbocycles. The highest BCUT2D eigenvalue weighted by Crippen LogP contribution is 2.01. The van der Waals surface area contributed by atoms with Crippen LogP contribution in [0, 0.1) is 0 Å². The van der Waals surface area contributed by atoms with Crippen molar-refractivity contribution in [2.45, 2.75) is 27.2 Å². The van der Waals surface area contributed by atoms with Crippen LogP contribution in [-0.2, 0) is 9.53 Å². The van der Waals surface area contributed by atoms with Gasteiger partial charge in [0.1, 0.15) is 6.61 Å². The van der Waals surface area contributed by atoms with E-state index in [1.807, 2.05) is 26.0 Å². The van der Waals surface area contributed by atoms with E-state index in [4.69, 9.17) is 4.74 Å². The fourth-order valence-corrected chi connectivity index (χ4v) is 0.804. The van der Waals surface area contributed by atoms with Crippen molar-refractivity contribution in [2.75, 3.05) is 6.61 Å². The van der Waals surface area contributed by atoms with Gasteiger partial charge in [-0.3, -0.25) is 4.79 Å². The third kappa shape index (κ3) is 7.35. The lowest BCUT2D eigenvalue weighted by molar-refractivity contribution is -0.139. The Kier molecular flexibility index (Phi) is 6.46. The van der Waals surface area contributed by atoms with Crippen molar-refractivity contribution in [3.63, 3.8) is 0 Å². The Hall–Kier alpha value is -1.31. The quantitative estimate of drug-likeness (QED) is 0.382. The highest BCUT2D eigenvalue weighted by molar-refractivity contribution is 5.66. The van der Waals surface area contributed by atoms with E-state index in [9.17, 15) is 4.79 Å². The molecule has 0 bridgehead atoms. The van der Waals surface area contributed by atoms with Crippen LogP contribution < -0.4 is 0 Å². The van der Waals surface area contributed by atoms with Crippen LogP contribution in [0.15, 0.2) is 36.0 Å². The maximum atomic E-state index is 10.5. The number of rotatable bonds is 5. The Morgan fingerprint density at radius 1 is 1.29 bits per heavy atom. The molecule has 0 aliphatic rings. The molecule has 0 saturated carbocycles. The first-order valence-electron chi connectivity index (χ1n) is 4.64. The van der Waals surface area contributed by atoms with Crippen molar-refractivity contribution in [3.05, 3.63) is 36.0 Å². The van der Waals surface area contributed by atoms with Crippen molar-refractivity contribution >= 4 is 5.97 Å². The second-order valence-electron chi connectivity index (χ2n) is 3.22. The van der Waals surface area contributed by atoms with Gasteiger partial charge in [-0.05, 0) is 25.8 Å². The van der Waals surface area contributed by atoms with Crippen LogP contribution in [-0.4, -0.2) is 12.6 Å². The fraction of sp³-hybridized carbons (Fsp3) is 0.417. The topological polar surface area (TPSA) is 26.3 Å².